The average molecular weight is 520 g/mol. The quantitative estimate of drug-likeness (QED) is 0.302. The summed E-state index contributed by atoms with van der Waals surface area (Å²) in [5.74, 6) is -2.58. The lowest BCUT2D eigenvalue weighted by Gasteiger charge is -2.22. The summed E-state index contributed by atoms with van der Waals surface area (Å²) in [7, 11) is -2.69. The molecule has 0 spiro atoms. The van der Waals surface area contributed by atoms with Gasteiger partial charge in [-0.2, -0.15) is 0 Å². The number of hydrogen-bond donors (Lipinski definition) is 1. The van der Waals surface area contributed by atoms with Crippen LogP contribution in [0.1, 0.15) is 30.6 Å². The van der Waals surface area contributed by atoms with Gasteiger partial charge in [-0.3, -0.25) is 0 Å². The van der Waals surface area contributed by atoms with Crippen molar-refractivity contribution in [1.29, 1.82) is 0 Å². The van der Waals surface area contributed by atoms with Crippen molar-refractivity contribution in [2.75, 3.05) is 18.6 Å². The van der Waals surface area contributed by atoms with Crippen LogP contribution < -0.4 is 10.9 Å². The third-order valence-corrected chi connectivity index (χ3v) is 7.15. The number of halogens is 4. The van der Waals surface area contributed by atoms with Crippen molar-refractivity contribution >= 4 is 41.0 Å². The molecule has 4 rings (SSSR count). The van der Waals surface area contributed by atoms with Gasteiger partial charge in [0.15, 0.2) is 23.0 Å². The van der Waals surface area contributed by atoms with Crippen molar-refractivity contribution in [2.24, 2.45) is 0 Å². The summed E-state index contributed by atoms with van der Waals surface area (Å²) in [5.41, 5.74) is 1.72. The van der Waals surface area contributed by atoms with Gasteiger partial charge in [0.25, 0.3) is 0 Å². The molecule has 0 bridgehead atoms. The third-order valence-electron chi connectivity index (χ3n) is 5.49. The summed E-state index contributed by atoms with van der Waals surface area (Å²) in [4.78, 5) is 17.0. The summed E-state index contributed by atoms with van der Waals surface area (Å²) in [6.07, 6.45) is 3.11. The Morgan fingerprint density at radius 3 is 2.40 bits per heavy atom. The second kappa shape index (κ2) is 9.55. The number of rotatable bonds is 6. The lowest BCUT2D eigenvalue weighted by Crippen LogP contribution is -2.14. The van der Waals surface area contributed by atoms with Crippen LogP contribution in [0.4, 0.5) is 18.9 Å². The van der Waals surface area contributed by atoms with Crippen LogP contribution in [0.25, 0.3) is 22.3 Å². The molecule has 0 aliphatic carbocycles. The molecule has 35 heavy (non-hydrogen) atoms. The Hall–Kier alpha value is -3.03. The Morgan fingerprint density at radius 2 is 1.77 bits per heavy atom. The summed E-state index contributed by atoms with van der Waals surface area (Å²) in [6.45, 7) is 6.54. The number of nitrogens with zero attached hydrogens (tertiary/aromatic N) is 4. The van der Waals surface area contributed by atoms with Crippen molar-refractivity contribution in [1.82, 2.24) is 19.9 Å². The highest BCUT2D eigenvalue weighted by Crippen LogP contribution is 2.37. The van der Waals surface area contributed by atoms with Gasteiger partial charge < -0.3 is 9.88 Å². The first-order valence-electron chi connectivity index (χ1n) is 10.8. The number of aromatic nitrogens is 4. The van der Waals surface area contributed by atoms with E-state index in [2.05, 4.69) is 25.3 Å². The predicted molar refractivity (Wildman–Crippen MR) is 132 cm³/mol. The summed E-state index contributed by atoms with van der Waals surface area (Å²) in [5, 5.41) is 3.38. The van der Waals surface area contributed by atoms with E-state index in [0.717, 1.165) is 6.07 Å². The van der Waals surface area contributed by atoms with Crippen LogP contribution in [0.15, 0.2) is 36.7 Å². The van der Waals surface area contributed by atoms with Crippen LogP contribution in [-0.4, -0.2) is 33.3 Å². The number of fused-ring (bicyclic) bond motifs is 1. The van der Waals surface area contributed by atoms with E-state index in [-0.39, 0.29) is 38.4 Å². The number of anilines is 1. The largest absolute Gasteiger partial charge is 0.375 e. The molecule has 0 aliphatic heterocycles. The smallest absolute Gasteiger partial charge is 0.188 e. The zero-order valence-electron chi connectivity index (χ0n) is 19.4. The molecule has 0 unspecified atom stereocenters. The first-order valence-corrected chi connectivity index (χ1v) is 13.7. The zero-order chi connectivity index (χ0) is 25.5. The van der Waals surface area contributed by atoms with Crippen LogP contribution >= 0.6 is 18.7 Å². The minimum absolute atomic E-state index is 0.0548. The molecule has 1 aromatic carbocycles. The van der Waals surface area contributed by atoms with E-state index in [0.29, 0.717) is 17.8 Å². The van der Waals surface area contributed by atoms with E-state index < -0.39 is 30.6 Å². The van der Waals surface area contributed by atoms with Crippen molar-refractivity contribution in [2.45, 2.75) is 26.3 Å². The van der Waals surface area contributed by atoms with Gasteiger partial charge in [0.2, 0.25) is 0 Å². The molecule has 11 heteroatoms. The summed E-state index contributed by atoms with van der Waals surface area (Å²) < 4.78 is 55.7. The normalized spacial score (nSPS) is 12.7. The number of nitrogens with one attached hydrogen (secondary N) is 1. The minimum Gasteiger partial charge on any atom is -0.375 e. The van der Waals surface area contributed by atoms with Gasteiger partial charge in [0.1, 0.15) is 18.4 Å². The average Bonchev–Trinajstić information content (AvgIpc) is 2.81. The molecule has 6 nitrogen and oxygen atoms in total. The predicted octanol–water partition coefficient (Wildman–Crippen LogP) is 6.28. The van der Waals surface area contributed by atoms with Crippen LogP contribution in [0.2, 0.25) is 5.02 Å². The van der Waals surface area contributed by atoms with Crippen LogP contribution in [0.3, 0.4) is 0 Å². The summed E-state index contributed by atoms with van der Waals surface area (Å²) in [6, 6.07) is 4.53. The fraction of sp³-hybridized carbons (Fsp3) is 0.250. The molecule has 0 radical (unpaired) electrons. The van der Waals surface area contributed by atoms with Crippen molar-refractivity contribution in [3.63, 3.8) is 0 Å². The fourth-order valence-corrected chi connectivity index (χ4v) is 4.54. The molecule has 0 saturated carbocycles. The Kier molecular flexibility index (Phi) is 6.84. The second-order valence-electron chi connectivity index (χ2n) is 8.44. The third kappa shape index (κ3) is 4.88. The monoisotopic (exact) mass is 519 g/mol. The number of hydrogen-bond acceptors (Lipinski definition) is 6. The van der Waals surface area contributed by atoms with Crippen molar-refractivity contribution in [3.8, 4) is 11.3 Å². The van der Waals surface area contributed by atoms with Gasteiger partial charge in [-0.05, 0) is 32.7 Å². The van der Waals surface area contributed by atoms with E-state index in [9.17, 15) is 13.3 Å². The van der Waals surface area contributed by atoms with Gasteiger partial charge >= 0.3 is 0 Å². The van der Waals surface area contributed by atoms with E-state index in [1.807, 2.05) is 6.92 Å². The number of pyridine rings is 2. The molecule has 1 N–H and O–H groups in total. The molecule has 0 saturated heterocycles. The standard InChI is InChI=1S/C24H22ClF3N5OP/c1-5-17(14-7-6-8-15(26)20(14)28)32-23-19(25)12(2)31-18-9-16(27)21(33-22(18)23)13-10-29-24(30-11-13)35(3,4)34/h6-11,17H,5H2,1-4H3,(H,31,32)/t17-/m0/s1. The van der Waals surface area contributed by atoms with Gasteiger partial charge in [0.05, 0.1) is 28.0 Å². The Balaban J connectivity index is 1.86. The van der Waals surface area contributed by atoms with Crippen molar-refractivity contribution in [3.05, 3.63) is 70.4 Å². The number of benzene rings is 1. The van der Waals surface area contributed by atoms with E-state index >= 15 is 4.39 Å². The molecule has 3 heterocycles. The maximum Gasteiger partial charge on any atom is 0.188 e. The van der Waals surface area contributed by atoms with Gasteiger partial charge in [-0.1, -0.05) is 30.7 Å². The topological polar surface area (TPSA) is 80.7 Å². The molecule has 1 atom stereocenters. The SMILES string of the molecule is CC[C@H](Nc1c(Cl)c(C)nc2cc(F)c(-c3cnc(P(C)(C)=O)nc3)nc12)c1cccc(F)c1F. The maximum absolute atomic E-state index is 15.0. The summed E-state index contributed by atoms with van der Waals surface area (Å²) >= 11 is 6.56. The lowest BCUT2D eigenvalue weighted by molar-refractivity contribution is 0.490. The minimum atomic E-state index is -2.69. The maximum atomic E-state index is 15.0. The molecule has 0 aliphatic rings. The first kappa shape index (κ1) is 25.1. The lowest BCUT2D eigenvalue weighted by atomic mass is 10.0. The molecule has 0 amide bonds. The molecule has 0 fully saturated rings. The van der Waals surface area contributed by atoms with Crippen LogP contribution in [-0.2, 0) is 4.57 Å². The van der Waals surface area contributed by atoms with Crippen LogP contribution in [0.5, 0.6) is 0 Å². The highest BCUT2D eigenvalue weighted by molar-refractivity contribution is 7.69. The fourth-order valence-electron chi connectivity index (χ4n) is 3.68. The van der Waals surface area contributed by atoms with E-state index in [1.54, 1.807) is 6.92 Å². The highest BCUT2D eigenvalue weighted by atomic mass is 35.5. The van der Waals surface area contributed by atoms with E-state index in [4.69, 9.17) is 11.6 Å². The Labute approximate surface area is 205 Å². The molecule has 4 aromatic rings. The molecular formula is C24H22ClF3N5OP. The molecule has 3 aromatic heterocycles. The van der Waals surface area contributed by atoms with Gasteiger partial charge in [-0.15, -0.1) is 0 Å². The first-order chi connectivity index (χ1) is 16.5. The number of aryl methyl sites for hydroxylation is 1. The second-order valence-corrected chi connectivity index (χ2v) is 11.9. The highest BCUT2D eigenvalue weighted by Gasteiger charge is 2.23. The Morgan fingerprint density at radius 1 is 1.09 bits per heavy atom. The molecular weight excluding hydrogens is 498 g/mol. The van der Waals surface area contributed by atoms with Crippen LogP contribution in [0, 0.1) is 24.4 Å². The van der Waals surface area contributed by atoms with Gasteiger partial charge in [0, 0.05) is 29.6 Å². The molecule has 182 valence electrons. The Bertz CT molecular complexity index is 1480. The van der Waals surface area contributed by atoms with E-state index in [1.165, 1.54) is 43.9 Å². The van der Waals surface area contributed by atoms with Gasteiger partial charge in [-0.25, -0.2) is 33.1 Å². The van der Waals surface area contributed by atoms with Crippen molar-refractivity contribution < 1.29 is 17.7 Å². The zero-order valence-corrected chi connectivity index (χ0v) is 21.1.